The molecule has 1 fully saturated rings. The van der Waals surface area contributed by atoms with Crippen LogP contribution in [0.4, 0.5) is 10.8 Å². The standard InChI is InChI=1S/C26H26N6O3S/c27-20-6-4-17(5-7-20)25(34)28-15-24(33)30-26-29-23(16-36-26)19-3-1-2-18(14-19)22-8-11-32(31-22)21-9-12-35-13-10-21/h1-8,11,14,16,21H,9-10,12-13,15,27H2,(H,28,34)(H,29,30,33). The minimum absolute atomic E-state index is 0.163. The van der Waals surface area contributed by atoms with Gasteiger partial charge in [0, 0.05) is 47.2 Å². The number of carbonyl (C=O) groups is 2. The topological polar surface area (TPSA) is 124 Å². The molecule has 184 valence electrons. The fourth-order valence-corrected chi connectivity index (χ4v) is 4.74. The molecule has 0 atom stereocenters. The Labute approximate surface area is 212 Å². The molecule has 36 heavy (non-hydrogen) atoms. The van der Waals surface area contributed by atoms with Gasteiger partial charge in [0.15, 0.2) is 5.13 Å². The van der Waals surface area contributed by atoms with Crippen LogP contribution in [0.3, 0.4) is 0 Å². The van der Waals surface area contributed by atoms with Gasteiger partial charge in [0.05, 0.1) is 24.0 Å². The van der Waals surface area contributed by atoms with E-state index < -0.39 is 0 Å². The van der Waals surface area contributed by atoms with E-state index in [9.17, 15) is 9.59 Å². The molecule has 1 saturated heterocycles. The molecule has 9 nitrogen and oxygen atoms in total. The van der Waals surface area contributed by atoms with Gasteiger partial charge in [-0.25, -0.2) is 4.98 Å². The second-order valence-corrected chi connectivity index (χ2v) is 9.35. The first-order valence-electron chi connectivity index (χ1n) is 11.7. The molecule has 2 amide bonds. The van der Waals surface area contributed by atoms with E-state index in [2.05, 4.69) is 15.6 Å². The molecule has 1 aliphatic heterocycles. The average molecular weight is 503 g/mol. The van der Waals surface area contributed by atoms with Crippen molar-refractivity contribution in [2.45, 2.75) is 18.9 Å². The summed E-state index contributed by atoms with van der Waals surface area (Å²) >= 11 is 1.33. The lowest BCUT2D eigenvalue weighted by Gasteiger charge is -2.22. The maximum atomic E-state index is 12.3. The highest BCUT2D eigenvalue weighted by molar-refractivity contribution is 7.14. The number of nitrogens with zero attached hydrogens (tertiary/aromatic N) is 3. The number of carbonyl (C=O) groups excluding carboxylic acids is 2. The van der Waals surface area contributed by atoms with Crippen molar-refractivity contribution in [3.8, 4) is 22.5 Å². The van der Waals surface area contributed by atoms with E-state index in [1.54, 1.807) is 24.3 Å². The first-order chi connectivity index (χ1) is 17.5. The number of thiazole rings is 1. The summed E-state index contributed by atoms with van der Waals surface area (Å²) in [7, 11) is 0. The van der Waals surface area contributed by atoms with Crippen LogP contribution in [0.1, 0.15) is 29.2 Å². The smallest absolute Gasteiger partial charge is 0.251 e. The highest BCUT2D eigenvalue weighted by atomic mass is 32.1. The lowest BCUT2D eigenvalue weighted by molar-refractivity contribution is -0.115. The predicted octanol–water partition coefficient (Wildman–Crippen LogP) is 3.98. The SMILES string of the molecule is Nc1ccc(C(=O)NCC(=O)Nc2nc(-c3cccc(-c4ccn(C5CCOCC5)n4)c3)cs2)cc1. The fourth-order valence-electron chi connectivity index (χ4n) is 4.01. The van der Waals surface area contributed by atoms with Crippen molar-refractivity contribution >= 4 is 34.0 Å². The molecule has 2 aromatic heterocycles. The van der Waals surface area contributed by atoms with Gasteiger partial charge in [-0.05, 0) is 49.2 Å². The van der Waals surface area contributed by atoms with E-state index in [4.69, 9.17) is 15.6 Å². The van der Waals surface area contributed by atoms with Crippen molar-refractivity contribution in [2.75, 3.05) is 30.8 Å². The van der Waals surface area contributed by atoms with Gasteiger partial charge in [0.2, 0.25) is 5.91 Å². The van der Waals surface area contributed by atoms with Crippen molar-refractivity contribution in [1.29, 1.82) is 0 Å². The normalized spacial score (nSPS) is 13.9. The molecule has 0 radical (unpaired) electrons. The summed E-state index contributed by atoms with van der Waals surface area (Å²) < 4.78 is 7.49. The molecule has 0 unspecified atom stereocenters. The Balaban J connectivity index is 1.20. The first kappa shape index (κ1) is 23.7. The zero-order valence-electron chi connectivity index (χ0n) is 19.5. The van der Waals surface area contributed by atoms with Crippen LogP contribution >= 0.6 is 11.3 Å². The van der Waals surface area contributed by atoms with Crippen LogP contribution in [0.25, 0.3) is 22.5 Å². The largest absolute Gasteiger partial charge is 0.399 e. The number of hydrogen-bond donors (Lipinski definition) is 3. The van der Waals surface area contributed by atoms with E-state index in [1.807, 2.05) is 46.6 Å². The minimum Gasteiger partial charge on any atom is -0.399 e. The molecule has 4 aromatic rings. The van der Waals surface area contributed by atoms with Gasteiger partial charge in [0.1, 0.15) is 0 Å². The molecule has 2 aromatic carbocycles. The number of benzene rings is 2. The summed E-state index contributed by atoms with van der Waals surface area (Å²) in [4.78, 5) is 29.1. The van der Waals surface area contributed by atoms with Crippen molar-refractivity contribution in [3.63, 3.8) is 0 Å². The van der Waals surface area contributed by atoms with Crippen molar-refractivity contribution in [1.82, 2.24) is 20.1 Å². The van der Waals surface area contributed by atoms with Crippen molar-refractivity contribution in [3.05, 3.63) is 71.7 Å². The Morgan fingerprint density at radius 1 is 1.06 bits per heavy atom. The zero-order valence-corrected chi connectivity index (χ0v) is 20.3. The Kier molecular flexibility index (Phi) is 7.06. The second-order valence-electron chi connectivity index (χ2n) is 8.50. The summed E-state index contributed by atoms with van der Waals surface area (Å²) in [6.07, 6.45) is 3.97. The Hall–Kier alpha value is -4.02. The third kappa shape index (κ3) is 5.61. The third-order valence-electron chi connectivity index (χ3n) is 5.96. The van der Waals surface area contributed by atoms with E-state index >= 15 is 0 Å². The molecular weight excluding hydrogens is 476 g/mol. The zero-order chi connectivity index (χ0) is 24.9. The van der Waals surface area contributed by atoms with Crippen LogP contribution in [0.2, 0.25) is 0 Å². The lowest BCUT2D eigenvalue weighted by Crippen LogP contribution is -2.32. The minimum atomic E-state index is -0.355. The van der Waals surface area contributed by atoms with E-state index in [-0.39, 0.29) is 18.4 Å². The van der Waals surface area contributed by atoms with Crippen LogP contribution in [-0.2, 0) is 9.53 Å². The number of amides is 2. The lowest BCUT2D eigenvalue weighted by atomic mass is 10.1. The molecule has 3 heterocycles. The van der Waals surface area contributed by atoms with Crippen LogP contribution in [0.5, 0.6) is 0 Å². The van der Waals surface area contributed by atoms with E-state index in [0.29, 0.717) is 22.4 Å². The van der Waals surface area contributed by atoms with Gasteiger partial charge in [-0.3, -0.25) is 14.3 Å². The highest BCUT2D eigenvalue weighted by Gasteiger charge is 2.17. The Bertz CT molecular complexity index is 1360. The molecular formula is C26H26N6O3S. The van der Waals surface area contributed by atoms with E-state index in [1.165, 1.54) is 11.3 Å². The number of anilines is 2. The van der Waals surface area contributed by atoms with Crippen LogP contribution in [-0.4, -0.2) is 46.3 Å². The molecule has 0 saturated carbocycles. The maximum Gasteiger partial charge on any atom is 0.251 e. The number of nitrogen functional groups attached to an aromatic ring is 1. The highest BCUT2D eigenvalue weighted by Crippen LogP contribution is 2.29. The quantitative estimate of drug-likeness (QED) is 0.329. The van der Waals surface area contributed by atoms with Crippen molar-refractivity contribution < 1.29 is 14.3 Å². The summed E-state index contributed by atoms with van der Waals surface area (Å²) in [6.45, 7) is 1.38. The van der Waals surface area contributed by atoms with Gasteiger partial charge in [-0.15, -0.1) is 11.3 Å². The molecule has 0 aliphatic carbocycles. The number of hydrogen-bond acceptors (Lipinski definition) is 7. The number of nitrogens with one attached hydrogen (secondary N) is 2. The second kappa shape index (κ2) is 10.7. The monoisotopic (exact) mass is 502 g/mol. The van der Waals surface area contributed by atoms with Crippen molar-refractivity contribution in [2.24, 2.45) is 0 Å². The van der Waals surface area contributed by atoms with Gasteiger partial charge in [-0.1, -0.05) is 18.2 Å². The van der Waals surface area contributed by atoms with Gasteiger partial charge < -0.3 is 21.1 Å². The maximum absolute atomic E-state index is 12.3. The summed E-state index contributed by atoms with van der Waals surface area (Å²) in [5.41, 5.74) is 10.2. The van der Waals surface area contributed by atoms with Crippen LogP contribution in [0, 0.1) is 0 Å². The Morgan fingerprint density at radius 3 is 2.58 bits per heavy atom. The molecule has 5 rings (SSSR count). The summed E-state index contributed by atoms with van der Waals surface area (Å²) in [6, 6.07) is 16.9. The fraction of sp³-hybridized carbons (Fsp3) is 0.231. The molecule has 0 spiro atoms. The van der Waals surface area contributed by atoms with Crippen LogP contribution < -0.4 is 16.4 Å². The molecule has 1 aliphatic rings. The first-order valence-corrected chi connectivity index (χ1v) is 12.6. The van der Waals surface area contributed by atoms with Gasteiger partial charge >= 0.3 is 0 Å². The summed E-state index contributed by atoms with van der Waals surface area (Å²) in [5.74, 6) is -0.701. The predicted molar refractivity (Wildman–Crippen MR) is 140 cm³/mol. The summed E-state index contributed by atoms with van der Waals surface area (Å²) in [5, 5.41) is 12.5. The van der Waals surface area contributed by atoms with E-state index in [0.717, 1.165) is 48.6 Å². The number of ether oxygens (including phenoxy) is 1. The molecule has 0 bridgehead atoms. The average Bonchev–Trinajstić information content (AvgIpc) is 3.59. The number of nitrogens with two attached hydrogens (primary N) is 1. The van der Waals surface area contributed by atoms with Gasteiger partial charge in [0.25, 0.3) is 5.91 Å². The van der Waals surface area contributed by atoms with Gasteiger partial charge in [-0.2, -0.15) is 5.10 Å². The molecule has 10 heteroatoms. The Morgan fingerprint density at radius 2 is 1.81 bits per heavy atom. The molecule has 4 N–H and O–H groups in total. The third-order valence-corrected chi connectivity index (χ3v) is 6.72. The number of aromatic nitrogens is 3. The number of rotatable bonds is 7. The van der Waals surface area contributed by atoms with Crippen LogP contribution in [0.15, 0.2) is 66.2 Å².